The number of fused-ring (bicyclic) bond motifs is 1. The van der Waals surface area contributed by atoms with E-state index in [0.717, 1.165) is 17.0 Å². The number of aromatic nitrogens is 3. The Kier molecular flexibility index (Phi) is 4.38. The third kappa shape index (κ3) is 3.06. The molecule has 0 aliphatic heterocycles. The lowest BCUT2D eigenvalue weighted by atomic mass is 10.2. The summed E-state index contributed by atoms with van der Waals surface area (Å²) in [4.78, 5) is 17.5. The number of imidazole rings is 1. The Morgan fingerprint density at radius 1 is 1.04 bits per heavy atom. The molecule has 4 aromatic rings. The Labute approximate surface area is 156 Å². The lowest BCUT2D eigenvalue weighted by molar-refractivity contribution is 0.340. The van der Waals surface area contributed by atoms with E-state index in [9.17, 15) is 4.79 Å². The molecule has 2 aromatic carbocycles. The summed E-state index contributed by atoms with van der Waals surface area (Å²) in [7, 11) is 1.59. The highest BCUT2D eigenvalue weighted by atomic mass is 16.5. The molecule has 6 nitrogen and oxygen atoms in total. The first-order valence-corrected chi connectivity index (χ1v) is 8.68. The Morgan fingerprint density at radius 3 is 2.56 bits per heavy atom. The highest BCUT2D eigenvalue weighted by molar-refractivity contribution is 5.63. The lowest BCUT2D eigenvalue weighted by Crippen LogP contribution is -2.20. The standard InChI is InChI=1S/C21H19N3O3/c1-3-27-16-10-8-15(9-11-16)17-14-23-12-13-24(21(25)20(23)22-17)18-6-4-5-7-19(18)26-2/h4-14H,3H2,1-2H3. The van der Waals surface area contributed by atoms with Gasteiger partial charge in [-0.2, -0.15) is 0 Å². The smallest absolute Gasteiger partial charge is 0.298 e. The number of methoxy groups -OCH3 is 1. The minimum absolute atomic E-state index is 0.209. The van der Waals surface area contributed by atoms with Crippen LogP contribution in [0.15, 0.2) is 71.9 Å². The molecule has 0 aliphatic carbocycles. The number of benzene rings is 2. The summed E-state index contributed by atoms with van der Waals surface area (Å²) in [5.41, 5.74) is 2.47. The van der Waals surface area contributed by atoms with Crippen LogP contribution in [-0.4, -0.2) is 27.7 Å². The maximum Gasteiger partial charge on any atom is 0.298 e. The van der Waals surface area contributed by atoms with Gasteiger partial charge in [0.25, 0.3) is 5.56 Å². The van der Waals surface area contributed by atoms with Gasteiger partial charge in [-0.05, 0) is 43.3 Å². The molecule has 0 aliphatic rings. The maximum absolute atomic E-state index is 13.0. The molecule has 6 heteroatoms. The fraction of sp³-hybridized carbons (Fsp3) is 0.143. The Morgan fingerprint density at radius 2 is 1.81 bits per heavy atom. The number of ether oxygens (including phenoxy) is 2. The van der Waals surface area contributed by atoms with E-state index >= 15 is 0 Å². The SMILES string of the molecule is CCOc1ccc(-c2cn3ccn(-c4ccccc4OC)c(=O)c3n2)cc1. The fourth-order valence-corrected chi connectivity index (χ4v) is 3.03. The third-order valence-corrected chi connectivity index (χ3v) is 4.32. The second-order valence-corrected chi connectivity index (χ2v) is 5.96. The molecule has 2 heterocycles. The van der Waals surface area contributed by atoms with Crippen LogP contribution in [-0.2, 0) is 0 Å². The Hall–Kier alpha value is -3.54. The van der Waals surface area contributed by atoms with Gasteiger partial charge in [-0.25, -0.2) is 4.98 Å². The summed E-state index contributed by atoms with van der Waals surface area (Å²) in [6.45, 7) is 2.57. The summed E-state index contributed by atoms with van der Waals surface area (Å²) >= 11 is 0. The van der Waals surface area contributed by atoms with Gasteiger partial charge in [0, 0.05) is 24.2 Å². The summed E-state index contributed by atoms with van der Waals surface area (Å²) < 4.78 is 14.1. The predicted molar refractivity (Wildman–Crippen MR) is 104 cm³/mol. The number of rotatable bonds is 5. The second-order valence-electron chi connectivity index (χ2n) is 5.96. The van der Waals surface area contributed by atoms with Crippen LogP contribution in [0, 0.1) is 0 Å². The van der Waals surface area contributed by atoms with Crippen LogP contribution in [0.25, 0.3) is 22.6 Å². The van der Waals surface area contributed by atoms with Gasteiger partial charge >= 0.3 is 0 Å². The highest BCUT2D eigenvalue weighted by Gasteiger charge is 2.12. The first-order valence-electron chi connectivity index (χ1n) is 8.68. The van der Waals surface area contributed by atoms with Crippen molar-refractivity contribution in [3.63, 3.8) is 0 Å². The van der Waals surface area contributed by atoms with Gasteiger partial charge in [-0.1, -0.05) is 12.1 Å². The molecular weight excluding hydrogens is 342 g/mol. The van der Waals surface area contributed by atoms with Crippen molar-refractivity contribution in [1.82, 2.24) is 14.0 Å². The summed E-state index contributed by atoms with van der Waals surface area (Å²) in [6.07, 6.45) is 5.38. The molecule has 136 valence electrons. The average molecular weight is 361 g/mol. The molecule has 0 saturated carbocycles. The number of hydrogen-bond acceptors (Lipinski definition) is 4. The van der Waals surface area contributed by atoms with Crippen molar-refractivity contribution in [2.75, 3.05) is 13.7 Å². The quantitative estimate of drug-likeness (QED) is 0.545. The van der Waals surface area contributed by atoms with Crippen molar-refractivity contribution in [3.05, 3.63) is 77.5 Å². The maximum atomic E-state index is 13.0. The van der Waals surface area contributed by atoms with Crippen LogP contribution in [0.3, 0.4) is 0 Å². The van der Waals surface area contributed by atoms with E-state index in [1.54, 1.807) is 22.3 Å². The fourth-order valence-electron chi connectivity index (χ4n) is 3.03. The van der Waals surface area contributed by atoms with Crippen LogP contribution in [0.1, 0.15) is 6.92 Å². The van der Waals surface area contributed by atoms with Gasteiger partial charge < -0.3 is 13.9 Å². The van der Waals surface area contributed by atoms with Crippen molar-refractivity contribution < 1.29 is 9.47 Å². The van der Waals surface area contributed by atoms with Gasteiger partial charge in [-0.3, -0.25) is 9.36 Å². The zero-order valence-electron chi connectivity index (χ0n) is 15.1. The summed E-state index contributed by atoms with van der Waals surface area (Å²) in [5, 5.41) is 0. The lowest BCUT2D eigenvalue weighted by Gasteiger charge is -2.10. The molecular formula is C21H19N3O3. The molecule has 0 atom stereocenters. The number of hydrogen-bond donors (Lipinski definition) is 0. The van der Waals surface area contributed by atoms with Crippen molar-refractivity contribution in [2.45, 2.75) is 6.92 Å². The zero-order chi connectivity index (χ0) is 18.8. The van der Waals surface area contributed by atoms with E-state index in [-0.39, 0.29) is 5.56 Å². The molecule has 0 unspecified atom stereocenters. The molecule has 2 aromatic heterocycles. The molecule has 0 N–H and O–H groups in total. The normalized spacial score (nSPS) is 10.9. The molecule has 0 bridgehead atoms. The van der Waals surface area contributed by atoms with Gasteiger partial charge in [0.1, 0.15) is 11.5 Å². The van der Waals surface area contributed by atoms with Gasteiger partial charge in [0.05, 0.1) is 25.1 Å². The van der Waals surface area contributed by atoms with Crippen molar-refractivity contribution in [2.24, 2.45) is 0 Å². The van der Waals surface area contributed by atoms with Crippen LogP contribution in [0.2, 0.25) is 0 Å². The van der Waals surface area contributed by atoms with Crippen molar-refractivity contribution >= 4 is 5.65 Å². The van der Waals surface area contributed by atoms with E-state index in [0.29, 0.717) is 23.7 Å². The van der Waals surface area contributed by atoms with Crippen LogP contribution in [0.5, 0.6) is 11.5 Å². The number of nitrogens with zero attached hydrogens (tertiary/aromatic N) is 3. The monoisotopic (exact) mass is 361 g/mol. The largest absolute Gasteiger partial charge is 0.495 e. The molecule has 4 rings (SSSR count). The average Bonchev–Trinajstić information content (AvgIpc) is 3.14. The van der Waals surface area contributed by atoms with E-state index in [2.05, 4.69) is 4.98 Å². The molecule has 0 radical (unpaired) electrons. The minimum Gasteiger partial charge on any atom is -0.495 e. The van der Waals surface area contributed by atoms with Gasteiger partial charge in [0.2, 0.25) is 5.65 Å². The van der Waals surface area contributed by atoms with Gasteiger partial charge in [0.15, 0.2) is 0 Å². The van der Waals surface area contributed by atoms with E-state index in [1.807, 2.05) is 67.8 Å². The molecule has 0 saturated heterocycles. The molecule has 0 spiro atoms. The van der Waals surface area contributed by atoms with Crippen molar-refractivity contribution in [1.29, 1.82) is 0 Å². The van der Waals surface area contributed by atoms with E-state index < -0.39 is 0 Å². The summed E-state index contributed by atoms with van der Waals surface area (Å²) in [6, 6.07) is 15.1. The zero-order valence-corrected chi connectivity index (χ0v) is 15.1. The first kappa shape index (κ1) is 16.9. The number of para-hydroxylation sites is 2. The van der Waals surface area contributed by atoms with E-state index in [1.165, 1.54) is 0 Å². The van der Waals surface area contributed by atoms with Crippen molar-refractivity contribution in [3.8, 4) is 28.4 Å². The molecule has 0 amide bonds. The second kappa shape index (κ2) is 6.99. The van der Waals surface area contributed by atoms with Crippen LogP contribution >= 0.6 is 0 Å². The Bertz CT molecular complexity index is 1140. The first-order chi connectivity index (χ1) is 13.2. The Balaban J connectivity index is 1.79. The minimum atomic E-state index is -0.209. The molecule has 0 fully saturated rings. The van der Waals surface area contributed by atoms with Gasteiger partial charge in [-0.15, -0.1) is 0 Å². The van der Waals surface area contributed by atoms with E-state index in [4.69, 9.17) is 9.47 Å². The van der Waals surface area contributed by atoms with Crippen LogP contribution < -0.4 is 15.0 Å². The molecule has 27 heavy (non-hydrogen) atoms. The highest BCUT2D eigenvalue weighted by Crippen LogP contribution is 2.23. The summed E-state index contributed by atoms with van der Waals surface area (Å²) in [5.74, 6) is 1.44. The third-order valence-electron chi connectivity index (χ3n) is 4.32. The topological polar surface area (TPSA) is 57.8 Å². The predicted octanol–water partition coefficient (Wildman–Crippen LogP) is 3.56. The van der Waals surface area contributed by atoms with Crippen LogP contribution in [0.4, 0.5) is 0 Å².